The molecule has 0 saturated heterocycles. The molecular formula is C20H23FN2O. The predicted octanol–water partition coefficient (Wildman–Crippen LogP) is 3.80. The average Bonchev–Trinajstić information content (AvgIpc) is 2.61. The van der Waals surface area contributed by atoms with Crippen LogP contribution < -0.4 is 4.90 Å². The van der Waals surface area contributed by atoms with Crippen LogP contribution in [0.15, 0.2) is 48.5 Å². The van der Waals surface area contributed by atoms with Gasteiger partial charge in [-0.15, -0.1) is 0 Å². The molecule has 1 heterocycles. The summed E-state index contributed by atoms with van der Waals surface area (Å²) in [6, 6.07) is 14.6. The summed E-state index contributed by atoms with van der Waals surface area (Å²) in [5, 5.41) is 0. The number of halogens is 1. The summed E-state index contributed by atoms with van der Waals surface area (Å²) >= 11 is 0. The highest BCUT2D eigenvalue weighted by molar-refractivity contribution is 5.82. The molecule has 24 heavy (non-hydrogen) atoms. The van der Waals surface area contributed by atoms with Gasteiger partial charge in [-0.3, -0.25) is 4.79 Å². The Hall–Kier alpha value is -2.36. The van der Waals surface area contributed by atoms with Gasteiger partial charge in [0.25, 0.3) is 0 Å². The van der Waals surface area contributed by atoms with Crippen molar-refractivity contribution in [2.45, 2.75) is 25.8 Å². The fourth-order valence-electron chi connectivity index (χ4n) is 3.23. The van der Waals surface area contributed by atoms with Gasteiger partial charge in [-0.05, 0) is 49.1 Å². The van der Waals surface area contributed by atoms with Crippen LogP contribution in [0.5, 0.6) is 0 Å². The van der Waals surface area contributed by atoms with E-state index in [4.69, 9.17) is 0 Å². The Morgan fingerprint density at radius 2 is 1.92 bits per heavy atom. The van der Waals surface area contributed by atoms with Crippen LogP contribution in [-0.4, -0.2) is 30.9 Å². The summed E-state index contributed by atoms with van der Waals surface area (Å²) in [5.74, 6) is -0.187. The van der Waals surface area contributed by atoms with E-state index in [1.807, 2.05) is 26.1 Å². The number of aryl methyl sites for hydroxylation is 1. The van der Waals surface area contributed by atoms with Gasteiger partial charge in [-0.1, -0.05) is 30.3 Å². The van der Waals surface area contributed by atoms with Crippen LogP contribution in [0.3, 0.4) is 0 Å². The van der Waals surface area contributed by atoms with Gasteiger partial charge in [0.1, 0.15) is 5.82 Å². The van der Waals surface area contributed by atoms with Crippen LogP contribution in [0, 0.1) is 5.82 Å². The Balaban J connectivity index is 1.70. The second kappa shape index (κ2) is 7.04. The predicted molar refractivity (Wildman–Crippen MR) is 94.6 cm³/mol. The number of amides is 1. The molecule has 3 nitrogen and oxygen atoms in total. The molecule has 4 heteroatoms. The van der Waals surface area contributed by atoms with Crippen molar-refractivity contribution in [1.29, 1.82) is 0 Å². The number of hydrogen-bond acceptors (Lipinski definition) is 2. The third-order valence-electron chi connectivity index (χ3n) is 4.86. The number of benzene rings is 2. The molecule has 0 radical (unpaired) electrons. The van der Waals surface area contributed by atoms with Gasteiger partial charge in [0.15, 0.2) is 0 Å². The standard InChI is InChI=1S/C20H23FN2O/c1-15(16-9-11-18(21)12-10-16)22(2)20(24)14-23-13-5-7-17-6-3-4-8-19(17)23/h3-4,6,8-12,15H,5,7,13-14H2,1-2H3. The number of hydrogen-bond donors (Lipinski definition) is 0. The topological polar surface area (TPSA) is 23.6 Å². The van der Waals surface area contributed by atoms with Crippen LogP contribution in [0.4, 0.5) is 10.1 Å². The van der Waals surface area contributed by atoms with Crippen LogP contribution in [0.1, 0.15) is 30.5 Å². The molecule has 1 atom stereocenters. The Labute approximate surface area is 142 Å². The smallest absolute Gasteiger partial charge is 0.242 e. The van der Waals surface area contributed by atoms with Crippen molar-refractivity contribution in [2.24, 2.45) is 0 Å². The summed E-state index contributed by atoms with van der Waals surface area (Å²) in [6.45, 7) is 3.25. The molecule has 2 aromatic carbocycles. The number of rotatable bonds is 4. The molecule has 1 aliphatic rings. The number of likely N-dealkylation sites (N-methyl/N-ethyl adjacent to an activating group) is 1. The van der Waals surface area contributed by atoms with Crippen molar-refractivity contribution >= 4 is 11.6 Å². The lowest BCUT2D eigenvalue weighted by Gasteiger charge is -2.33. The molecule has 1 amide bonds. The van der Waals surface area contributed by atoms with Crippen LogP contribution in [0.2, 0.25) is 0 Å². The first-order valence-electron chi connectivity index (χ1n) is 8.40. The maximum atomic E-state index is 13.1. The lowest BCUT2D eigenvalue weighted by atomic mass is 10.0. The highest BCUT2D eigenvalue weighted by Gasteiger charge is 2.23. The summed E-state index contributed by atoms with van der Waals surface area (Å²) < 4.78 is 13.1. The van der Waals surface area contributed by atoms with Crippen molar-refractivity contribution in [1.82, 2.24) is 4.90 Å². The molecule has 0 aromatic heterocycles. The zero-order valence-electron chi connectivity index (χ0n) is 14.2. The van der Waals surface area contributed by atoms with E-state index in [-0.39, 0.29) is 17.8 Å². The highest BCUT2D eigenvalue weighted by Crippen LogP contribution is 2.27. The number of para-hydroxylation sites is 1. The van der Waals surface area contributed by atoms with E-state index in [0.29, 0.717) is 6.54 Å². The minimum Gasteiger partial charge on any atom is -0.362 e. The number of anilines is 1. The quantitative estimate of drug-likeness (QED) is 0.853. The molecule has 0 bridgehead atoms. The normalized spacial score (nSPS) is 14.9. The fraction of sp³-hybridized carbons (Fsp3) is 0.350. The summed E-state index contributed by atoms with van der Waals surface area (Å²) in [4.78, 5) is 16.6. The van der Waals surface area contributed by atoms with E-state index in [1.165, 1.54) is 23.4 Å². The molecule has 126 valence electrons. The van der Waals surface area contributed by atoms with Gasteiger partial charge in [-0.25, -0.2) is 4.39 Å². The van der Waals surface area contributed by atoms with E-state index in [9.17, 15) is 9.18 Å². The van der Waals surface area contributed by atoms with Crippen molar-refractivity contribution in [3.05, 3.63) is 65.5 Å². The number of carbonyl (C=O) groups is 1. The van der Waals surface area contributed by atoms with Gasteiger partial charge in [-0.2, -0.15) is 0 Å². The Kier molecular flexibility index (Phi) is 4.84. The first kappa shape index (κ1) is 16.5. The van der Waals surface area contributed by atoms with Crippen LogP contribution in [-0.2, 0) is 11.2 Å². The Morgan fingerprint density at radius 3 is 2.67 bits per heavy atom. The zero-order chi connectivity index (χ0) is 17.1. The van der Waals surface area contributed by atoms with Crippen molar-refractivity contribution in [3.63, 3.8) is 0 Å². The minimum atomic E-state index is -0.259. The molecule has 2 aromatic rings. The summed E-state index contributed by atoms with van der Waals surface area (Å²) in [6.07, 6.45) is 2.14. The average molecular weight is 326 g/mol. The van der Waals surface area contributed by atoms with Crippen molar-refractivity contribution in [2.75, 3.05) is 25.0 Å². The van der Waals surface area contributed by atoms with E-state index in [2.05, 4.69) is 17.0 Å². The first-order chi connectivity index (χ1) is 11.6. The molecule has 1 aliphatic heterocycles. The first-order valence-corrected chi connectivity index (χ1v) is 8.40. The molecule has 0 saturated carbocycles. The van der Waals surface area contributed by atoms with E-state index in [0.717, 1.165) is 24.9 Å². The fourth-order valence-corrected chi connectivity index (χ4v) is 3.23. The van der Waals surface area contributed by atoms with E-state index in [1.54, 1.807) is 17.0 Å². The molecule has 1 unspecified atom stereocenters. The second-order valence-electron chi connectivity index (χ2n) is 6.39. The maximum Gasteiger partial charge on any atom is 0.242 e. The largest absolute Gasteiger partial charge is 0.362 e. The van der Waals surface area contributed by atoms with Crippen LogP contribution in [0.25, 0.3) is 0 Å². The highest BCUT2D eigenvalue weighted by atomic mass is 19.1. The van der Waals surface area contributed by atoms with Crippen molar-refractivity contribution in [3.8, 4) is 0 Å². The zero-order valence-corrected chi connectivity index (χ0v) is 14.2. The van der Waals surface area contributed by atoms with Crippen molar-refractivity contribution < 1.29 is 9.18 Å². The lowest BCUT2D eigenvalue weighted by Crippen LogP contribution is -2.41. The third kappa shape index (κ3) is 3.42. The van der Waals surface area contributed by atoms with Gasteiger partial charge in [0, 0.05) is 19.3 Å². The summed E-state index contributed by atoms with van der Waals surface area (Å²) in [5.41, 5.74) is 3.41. The minimum absolute atomic E-state index is 0.0727. The summed E-state index contributed by atoms with van der Waals surface area (Å²) in [7, 11) is 1.81. The van der Waals surface area contributed by atoms with Gasteiger partial charge < -0.3 is 9.80 Å². The Morgan fingerprint density at radius 1 is 1.21 bits per heavy atom. The number of fused-ring (bicyclic) bond motifs is 1. The van der Waals surface area contributed by atoms with Gasteiger partial charge >= 0.3 is 0 Å². The maximum absolute atomic E-state index is 13.1. The van der Waals surface area contributed by atoms with E-state index < -0.39 is 0 Å². The van der Waals surface area contributed by atoms with E-state index >= 15 is 0 Å². The monoisotopic (exact) mass is 326 g/mol. The third-order valence-corrected chi connectivity index (χ3v) is 4.86. The molecule has 0 aliphatic carbocycles. The molecular weight excluding hydrogens is 303 g/mol. The molecule has 0 spiro atoms. The lowest BCUT2D eigenvalue weighted by molar-refractivity contribution is -0.130. The van der Waals surface area contributed by atoms with Gasteiger partial charge in [0.05, 0.1) is 12.6 Å². The number of carbonyl (C=O) groups excluding carboxylic acids is 1. The molecule has 3 rings (SSSR count). The van der Waals surface area contributed by atoms with Crippen LogP contribution >= 0.6 is 0 Å². The molecule has 0 fully saturated rings. The second-order valence-corrected chi connectivity index (χ2v) is 6.39. The Bertz CT molecular complexity index is 714. The van der Waals surface area contributed by atoms with Gasteiger partial charge in [0.2, 0.25) is 5.91 Å². The SMILES string of the molecule is CC(c1ccc(F)cc1)N(C)C(=O)CN1CCCc2ccccc21. The molecule has 0 N–H and O–H groups in total. The number of nitrogens with zero attached hydrogens (tertiary/aromatic N) is 2.